The summed E-state index contributed by atoms with van der Waals surface area (Å²) in [6, 6.07) is 3.31. The van der Waals surface area contributed by atoms with Crippen molar-refractivity contribution < 1.29 is 56.4 Å². The van der Waals surface area contributed by atoms with Crippen molar-refractivity contribution in [3.8, 4) is 0 Å². The van der Waals surface area contributed by atoms with Gasteiger partial charge in [-0.3, -0.25) is 0 Å². The number of carbonyl (C=O) groups is 4. The van der Waals surface area contributed by atoms with Crippen LogP contribution < -0.4 is 0 Å². The summed E-state index contributed by atoms with van der Waals surface area (Å²) >= 11 is 0. The number of halogens is 4. The minimum absolute atomic E-state index is 0.375. The van der Waals surface area contributed by atoms with E-state index in [4.69, 9.17) is 0 Å². The van der Waals surface area contributed by atoms with Gasteiger partial charge >= 0.3 is 23.9 Å². The average Bonchev–Trinajstić information content (AvgIpc) is 2.67. The molecule has 0 saturated carbocycles. The van der Waals surface area contributed by atoms with Crippen molar-refractivity contribution in [2.45, 2.75) is 12.2 Å². The van der Waals surface area contributed by atoms with Crippen molar-refractivity contribution >= 4 is 23.9 Å². The lowest BCUT2D eigenvalue weighted by Crippen LogP contribution is -2.45. The smallest absolute Gasteiger partial charge is 0.349 e. The molecular formula is C18H10F4O8. The lowest BCUT2D eigenvalue weighted by atomic mass is 10.1. The zero-order chi connectivity index (χ0) is 22.6. The van der Waals surface area contributed by atoms with Crippen LogP contribution in [0.25, 0.3) is 0 Å². The third kappa shape index (κ3) is 5.10. The maximum absolute atomic E-state index is 13.2. The Kier molecular flexibility index (Phi) is 6.72. The van der Waals surface area contributed by atoms with Crippen molar-refractivity contribution in [1.82, 2.24) is 0 Å². The van der Waals surface area contributed by atoms with Crippen LogP contribution in [0.4, 0.5) is 17.6 Å². The molecule has 2 rings (SSSR count). The molecule has 0 unspecified atom stereocenters. The first kappa shape index (κ1) is 22.3. The molecule has 0 aliphatic heterocycles. The van der Waals surface area contributed by atoms with E-state index in [2.05, 4.69) is 9.47 Å². The van der Waals surface area contributed by atoms with Crippen LogP contribution in [0.1, 0.15) is 20.7 Å². The molecule has 2 aromatic carbocycles. The van der Waals surface area contributed by atoms with E-state index in [9.17, 15) is 47.0 Å². The molecule has 0 amide bonds. The van der Waals surface area contributed by atoms with Crippen LogP contribution in [0.5, 0.6) is 0 Å². The molecule has 158 valence electrons. The number of hydrogen-bond acceptors (Lipinski definition) is 6. The standard InChI is InChI=1S/C18H10F4O8/c19-9-3-1-7(5-11(9)21)17(27)29-13(15(23)24)14(16(25)26)30-18(28)8-2-4-10(20)12(22)6-8/h1-6,13-14H,(H,23,24)(H,25,26)/t13-,14-/m1/s1. The van der Waals surface area contributed by atoms with Crippen LogP contribution in [0.3, 0.4) is 0 Å². The fourth-order valence-electron chi connectivity index (χ4n) is 2.10. The summed E-state index contributed by atoms with van der Waals surface area (Å²) in [5, 5.41) is 18.4. The molecular weight excluding hydrogens is 420 g/mol. The molecule has 8 nitrogen and oxygen atoms in total. The summed E-state index contributed by atoms with van der Waals surface area (Å²) in [6.07, 6.45) is -5.23. The zero-order valence-corrected chi connectivity index (χ0v) is 14.5. The van der Waals surface area contributed by atoms with Gasteiger partial charge in [0.1, 0.15) is 0 Å². The molecule has 2 aromatic rings. The van der Waals surface area contributed by atoms with Gasteiger partial charge < -0.3 is 19.7 Å². The number of carbonyl (C=O) groups excluding carboxylic acids is 2. The minimum atomic E-state index is -2.61. The molecule has 0 aliphatic rings. The predicted molar refractivity (Wildman–Crippen MR) is 86.4 cm³/mol. The lowest BCUT2D eigenvalue weighted by Gasteiger charge is -2.21. The summed E-state index contributed by atoms with van der Waals surface area (Å²) in [6.45, 7) is 0. The van der Waals surface area contributed by atoms with Crippen molar-refractivity contribution in [1.29, 1.82) is 0 Å². The van der Waals surface area contributed by atoms with E-state index in [1.54, 1.807) is 0 Å². The number of aliphatic carboxylic acids is 2. The maximum Gasteiger partial charge on any atom is 0.349 e. The summed E-state index contributed by atoms with van der Waals surface area (Å²) < 4.78 is 61.3. The Morgan fingerprint density at radius 2 is 0.967 bits per heavy atom. The monoisotopic (exact) mass is 430 g/mol. The highest BCUT2D eigenvalue weighted by molar-refractivity contribution is 5.95. The molecule has 0 aliphatic carbocycles. The Hall–Kier alpha value is -3.96. The molecule has 0 fully saturated rings. The number of benzene rings is 2. The van der Waals surface area contributed by atoms with Crippen LogP contribution in [-0.2, 0) is 19.1 Å². The van der Waals surface area contributed by atoms with Gasteiger partial charge in [0.15, 0.2) is 23.3 Å². The summed E-state index contributed by atoms with van der Waals surface area (Å²) in [5.74, 6) is -12.8. The fraction of sp³-hybridized carbons (Fsp3) is 0.111. The SMILES string of the molecule is O=C(O[C@@H](C(=O)O)[C@@H](OC(=O)c1ccc(F)c(F)c1)C(=O)O)c1ccc(F)c(F)c1. The van der Waals surface area contributed by atoms with E-state index < -0.39 is 70.5 Å². The number of esters is 2. The Morgan fingerprint density at radius 3 is 1.23 bits per heavy atom. The summed E-state index contributed by atoms with van der Waals surface area (Å²) in [5.41, 5.74) is -1.31. The van der Waals surface area contributed by atoms with E-state index in [1.165, 1.54) is 0 Å². The molecule has 2 atom stereocenters. The van der Waals surface area contributed by atoms with Crippen LogP contribution in [0, 0.1) is 23.3 Å². The first-order valence-corrected chi connectivity index (χ1v) is 7.79. The second-order valence-electron chi connectivity index (χ2n) is 5.59. The topological polar surface area (TPSA) is 127 Å². The highest BCUT2D eigenvalue weighted by atomic mass is 19.2. The van der Waals surface area contributed by atoms with Gasteiger partial charge in [-0.25, -0.2) is 36.7 Å². The van der Waals surface area contributed by atoms with Crippen molar-refractivity contribution in [2.24, 2.45) is 0 Å². The fourth-order valence-corrected chi connectivity index (χ4v) is 2.10. The van der Waals surface area contributed by atoms with E-state index in [0.29, 0.717) is 24.3 Å². The number of hydrogen-bond donors (Lipinski definition) is 2. The van der Waals surface area contributed by atoms with Gasteiger partial charge in [0.25, 0.3) is 0 Å². The summed E-state index contributed by atoms with van der Waals surface area (Å²) in [4.78, 5) is 46.7. The third-order valence-corrected chi connectivity index (χ3v) is 3.54. The van der Waals surface area contributed by atoms with Crippen molar-refractivity contribution in [2.75, 3.05) is 0 Å². The molecule has 0 radical (unpaired) electrons. The highest BCUT2D eigenvalue weighted by Crippen LogP contribution is 2.16. The van der Waals surface area contributed by atoms with Gasteiger partial charge in [-0.2, -0.15) is 0 Å². The first-order chi connectivity index (χ1) is 14.0. The van der Waals surface area contributed by atoms with E-state index in [-0.39, 0.29) is 0 Å². The van der Waals surface area contributed by atoms with Gasteiger partial charge in [-0.15, -0.1) is 0 Å². The Bertz CT molecular complexity index is 942. The molecule has 0 bridgehead atoms. The Labute approximate surface area is 164 Å². The predicted octanol–water partition coefficient (Wildman–Crippen LogP) is 2.16. The molecule has 2 N–H and O–H groups in total. The highest BCUT2D eigenvalue weighted by Gasteiger charge is 2.41. The molecule has 30 heavy (non-hydrogen) atoms. The van der Waals surface area contributed by atoms with Gasteiger partial charge in [-0.05, 0) is 36.4 Å². The number of carboxylic acids is 2. The Morgan fingerprint density at radius 1 is 0.633 bits per heavy atom. The van der Waals surface area contributed by atoms with Crippen molar-refractivity contribution in [3.63, 3.8) is 0 Å². The Balaban J connectivity index is 2.26. The van der Waals surface area contributed by atoms with Gasteiger partial charge in [-0.1, -0.05) is 0 Å². The largest absolute Gasteiger partial charge is 0.478 e. The number of carboxylic acid groups (broad SMARTS) is 2. The lowest BCUT2D eigenvalue weighted by molar-refractivity contribution is -0.166. The maximum atomic E-state index is 13.2. The van der Waals surface area contributed by atoms with E-state index in [0.717, 1.165) is 12.1 Å². The molecule has 12 heteroatoms. The molecule has 0 aromatic heterocycles. The quantitative estimate of drug-likeness (QED) is 0.506. The second-order valence-corrected chi connectivity index (χ2v) is 5.59. The van der Waals surface area contributed by atoms with E-state index in [1.807, 2.05) is 0 Å². The van der Waals surface area contributed by atoms with Gasteiger partial charge in [0, 0.05) is 0 Å². The summed E-state index contributed by atoms with van der Waals surface area (Å²) in [7, 11) is 0. The molecule has 0 saturated heterocycles. The zero-order valence-electron chi connectivity index (χ0n) is 14.5. The van der Waals surface area contributed by atoms with Gasteiger partial charge in [0.05, 0.1) is 11.1 Å². The van der Waals surface area contributed by atoms with Crippen molar-refractivity contribution in [3.05, 3.63) is 70.8 Å². The normalized spacial score (nSPS) is 12.5. The van der Waals surface area contributed by atoms with E-state index >= 15 is 0 Å². The van der Waals surface area contributed by atoms with Crippen LogP contribution in [-0.4, -0.2) is 46.3 Å². The van der Waals surface area contributed by atoms with Crippen LogP contribution >= 0.6 is 0 Å². The molecule has 0 heterocycles. The minimum Gasteiger partial charge on any atom is -0.478 e. The average molecular weight is 430 g/mol. The van der Waals surface area contributed by atoms with Crippen LogP contribution in [0.15, 0.2) is 36.4 Å². The molecule has 0 spiro atoms. The third-order valence-electron chi connectivity index (χ3n) is 3.54. The first-order valence-electron chi connectivity index (χ1n) is 7.79. The number of rotatable bonds is 7. The van der Waals surface area contributed by atoms with Gasteiger partial charge in [0.2, 0.25) is 12.2 Å². The second kappa shape index (κ2) is 9.03. The van der Waals surface area contributed by atoms with Crippen LogP contribution in [0.2, 0.25) is 0 Å². The number of ether oxygens (including phenoxy) is 2.